The molecule has 1 aliphatic heterocycles. The highest BCUT2D eigenvalue weighted by Crippen LogP contribution is 2.61. The van der Waals surface area contributed by atoms with Gasteiger partial charge in [-0.2, -0.15) is 0 Å². The second-order valence-electron chi connectivity index (χ2n) is 10.9. The normalized spacial score (nSPS) is 21.1. The van der Waals surface area contributed by atoms with Crippen molar-refractivity contribution in [1.29, 1.82) is 0 Å². The molecule has 1 heterocycles. The molecule has 4 aromatic carbocycles. The van der Waals surface area contributed by atoms with E-state index in [1.54, 1.807) is 42.5 Å². The zero-order valence-corrected chi connectivity index (χ0v) is 23.4. The summed E-state index contributed by atoms with van der Waals surface area (Å²) < 4.78 is 10.8. The van der Waals surface area contributed by atoms with E-state index in [-0.39, 0.29) is 34.9 Å². The van der Waals surface area contributed by atoms with Crippen LogP contribution in [0.25, 0.3) is 0 Å². The number of hydrogen-bond donors (Lipinski definition) is 1. The van der Waals surface area contributed by atoms with Crippen LogP contribution in [-0.2, 0) is 19.1 Å². The maximum atomic E-state index is 14.1. The van der Waals surface area contributed by atoms with E-state index < -0.39 is 30.3 Å². The van der Waals surface area contributed by atoms with Gasteiger partial charge < -0.3 is 14.8 Å². The van der Waals surface area contributed by atoms with Crippen LogP contribution in [0, 0.1) is 11.8 Å². The van der Waals surface area contributed by atoms with Crippen LogP contribution in [0.2, 0.25) is 0 Å². The van der Waals surface area contributed by atoms with Crippen molar-refractivity contribution >= 4 is 35.1 Å². The van der Waals surface area contributed by atoms with Gasteiger partial charge in [-0.3, -0.25) is 14.4 Å². The van der Waals surface area contributed by atoms with E-state index in [9.17, 15) is 19.2 Å². The number of carbonyl (C=O) groups is 4. The maximum absolute atomic E-state index is 14.1. The summed E-state index contributed by atoms with van der Waals surface area (Å²) in [5, 5.41) is 2.68. The Labute approximate surface area is 248 Å². The molecule has 8 heteroatoms. The van der Waals surface area contributed by atoms with Crippen LogP contribution in [0.1, 0.15) is 51.4 Å². The first-order valence-electron chi connectivity index (χ1n) is 14.3. The zero-order chi connectivity index (χ0) is 29.7. The molecule has 0 aromatic heterocycles. The van der Waals surface area contributed by atoms with Crippen LogP contribution in [-0.4, -0.2) is 36.9 Å². The number of esters is 1. The summed E-state index contributed by atoms with van der Waals surface area (Å²) >= 11 is 0. The predicted molar refractivity (Wildman–Crippen MR) is 159 cm³/mol. The molecule has 4 aromatic rings. The second-order valence-corrected chi connectivity index (χ2v) is 10.9. The number of benzene rings is 4. The molecule has 8 rings (SSSR count). The number of imide groups is 1. The Morgan fingerprint density at radius 1 is 0.721 bits per heavy atom. The summed E-state index contributed by atoms with van der Waals surface area (Å²) in [4.78, 5) is 55.2. The molecular formula is C35H28N2O6. The molecule has 2 bridgehead atoms. The van der Waals surface area contributed by atoms with E-state index in [4.69, 9.17) is 9.47 Å². The fourth-order valence-corrected chi connectivity index (χ4v) is 6.96. The quantitative estimate of drug-likeness (QED) is 0.239. The number of rotatable bonds is 7. The van der Waals surface area contributed by atoms with Crippen LogP contribution < -0.4 is 15.0 Å². The number of ether oxygens (including phenoxy) is 2. The zero-order valence-electron chi connectivity index (χ0n) is 23.4. The molecule has 214 valence electrons. The Balaban J connectivity index is 1.13. The van der Waals surface area contributed by atoms with Crippen LogP contribution in [0.5, 0.6) is 5.75 Å². The van der Waals surface area contributed by atoms with Gasteiger partial charge in [0.05, 0.1) is 29.7 Å². The summed E-state index contributed by atoms with van der Waals surface area (Å²) in [6.07, 6.45) is 0. The Morgan fingerprint density at radius 3 is 1.77 bits per heavy atom. The SMILES string of the molecule is CCOc1ccc(NC(=O)COC(=O)c2ccccc2N2C(=O)[C@H]3C4c5ccccc5C(c5ccccc54)[C@@H]3C2=O)cc1. The lowest BCUT2D eigenvalue weighted by atomic mass is 9.55. The van der Waals surface area contributed by atoms with E-state index in [0.29, 0.717) is 18.0 Å². The van der Waals surface area contributed by atoms with Crippen molar-refractivity contribution in [1.82, 2.24) is 0 Å². The van der Waals surface area contributed by atoms with E-state index in [2.05, 4.69) is 5.32 Å². The monoisotopic (exact) mass is 572 g/mol. The van der Waals surface area contributed by atoms with Gasteiger partial charge in [-0.25, -0.2) is 9.69 Å². The van der Waals surface area contributed by atoms with Crippen molar-refractivity contribution in [3.05, 3.63) is 125 Å². The highest BCUT2D eigenvalue weighted by atomic mass is 16.5. The largest absolute Gasteiger partial charge is 0.494 e. The van der Waals surface area contributed by atoms with Crippen molar-refractivity contribution < 1.29 is 28.7 Å². The average Bonchev–Trinajstić information content (AvgIpc) is 3.30. The molecule has 3 amide bonds. The average molecular weight is 573 g/mol. The second kappa shape index (κ2) is 10.5. The minimum Gasteiger partial charge on any atom is -0.494 e. The van der Waals surface area contributed by atoms with Crippen LogP contribution >= 0.6 is 0 Å². The van der Waals surface area contributed by atoms with Crippen molar-refractivity contribution in [2.75, 3.05) is 23.4 Å². The highest BCUT2D eigenvalue weighted by molar-refractivity contribution is 6.25. The van der Waals surface area contributed by atoms with Gasteiger partial charge >= 0.3 is 5.97 Å². The number of anilines is 2. The summed E-state index contributed by atoms with van der Waals surface area (Å²) in [6.45, 7) is 1.87. The fraction of sp³-hybridized carbons (Fsp3) is 0.200. The summed E-state index contributed by atoms with van der Waals surface area (Å²) in [5.74, 6) is -2.98. The number of para-hydroxylation sites is 1. The van der Waals surface area contributed by atoms with Gasteiger partial charge in [-0.05, 0) is 65.6 Å². The number of carbonyl (C=O) groups excluding carboxylic acids is 4. The third-order valence-corrected chi connectivity index (χ3v) is 8.60. The molecular weight excluding hydrogens is 544 g/mol. The lowest BCUT2D eigenvalue weighted by Crippen LogP contribution is -2.41. The molecule has 0 spiro atoms. The molecule has 0 saturated carbocycles. The molecule has 0 radical (unpaired) electrons. The van der Waals surface area contributed by atoms with Gasteiger partial charge in [0, 0.05) is 17.5 Å². The third-order valence-electron chi connectivity index (χ3n) is 8.60. The summed E-state index contributed by atoms with van der Waals surface area (Å²) in [7, 11) is 0. The van der Waals surface area contributed by atoms with Crippen molar-refractivity contribution in [3.8, 4) is 5.75 Å². The van der Waals surface area contributed by atoms with E-state index in [1.807, 2.05) is 55.5 Å². The van der Waals surface area contributed by atoms with Crippen LogP contribution in [0.4, 0.5) is 11.4 Å². The fourth-order valence-electron chi connectivity index (χ4n) is 6.96. The van der Waals surface area contributed by atoms with Crippen molar-refractivity contribution in [3.63, 3.8) is 0 Å². The first-order valence-corrected chi connectivity index (χ1v) is 14.3. The number of nitrogens with one attached hydrogen (secondary N) is 1. The number of hydrogen-bond acceptors (Lipinski definition) is 6. The lowest BCUT2D eigenvalue weighted by molar-refractivity contribution is -0.122. The van der Waals surface area contributed by atoms with Crippen LogP contribution in [0.15, 0.2) is 97.1 Å². The smallest absolute Gasteiger partial charge is 0.340 e. The molecule has 3 aliphatic carbocycles. The number of nitrogens with zero attached hydrogens (tertiary/aromatic N) is 1. The van der Waals surface area contributed by atoms with E-state index >= 15 is 0 Å². The van der Waals surface area contributed by atoms with Gasteiger partial charge in [0.1, 0.15) is 5.75 Å². The summed E-state index contributed by atoms with van der Waals surface area (Å²) in [6, 6.07) is 29.3. The van der Waals surface area contributed by atoms with Crippen molar-refractivity contribution in [2.45, 2.75) is 18.8 Å². The molecule has 1 saturated heterocycles. The summed E-state index contributed by atoms with van der Waals surface area (Å²) in [5.41, 5.74) is 5.01. The Kier molecular flexibility index (Phi) is 6.54. The lowest BCUT2D eigenvalue weighted by Gasteiger charge is -2.45. The van der Waals surface area contributed by atoms with Gasteiger partial charge in [0.2, 0.25) is 11.8 Å². The molecule has 2 atom stereocenters. The predicted octanol–water partition coefficient (Wildman–Crippen LogP) is 5.28. The van der Waals surface area contributed by atoms with Gasteiger partial charge in [0.15, 0.2) is 6.61 Å². The molecule has 1 fully saturated rings. The third kappa shape index (κ3) is 4.29. The molecule has 8 nitrogen and oxygen atoms in total. The standard InChI is InChI=1S/C35H28N2O6/c1-2-42-21-17-15-20(16-18-21)36-28(38)19-43-35(41)26-13-7-8-14-27(26)37-33(39)31-29-22-9-3-4-10-23(22)30(32(31)34(37)40)25-12-6-5-11-24(25)29/h3-18,29-32H,2,19H2,1H3,(H,36,38)/t29?,30?,31-,32-/m0/s1. The minimum absolute atomic E-state index is 0.0408. The van der Waals surface area contributed by atoms with E-state index in [1.165, 1.54) is 6.07 Å². The van der Waals surface area contributed by atoms with Crippen molar-refractivity contribution in [2.24, 2.45) is 11.8 Å². The maximum Gasteiger partial charge on any atom is 0.340 e. The number of amides is 3. The molecule has 43 heavy (non-hydrogen) atoms. The van der Waals surface area contributed by atoms with Gasteiger partial charge in [-0.1, -0.05) is 60.7 Å². The topological polar surface area (TPSA) is 102 Å². The first-order chi connectivity index (χ1) is 21.0. The van der Waals surface area contributed by atoms with E-state index in [0.717, 1.165) is 27.2 Å². The highest BCUT2D eigenvalue weighted by Gasteiger charge is 2.62. The molecule has 0 unspecified atom stereocenters. The Bertz CT molecular complexity index is 1670. The molecule has 1 N–H and O–H groups in total. The van der Waals surface area contributed by atoms with Crippen LogP contribution in [0.3, 0.4) is 0 Å². The Morgan fingerprint density at radius 2 is 1.23 bits per heavy atom. The Hall–Kier alpha value is -5.24. The van der Waals surface area contributed by atoms with Gasteiger partial charge in [0.25, 0.3) is 5.91 Å². The first kappa shape index (κ1) is 26.6. The molecule has 4 aliphatic rings. The van der Waals surface area contributed by atoms with Gasteiger partial charge in [-0.15, -0.1) is 0 Å². The minimum atomic E-state index is -0.803.